The van der Waals surface area contributed by atoms with Gasteiger partial charge in [-0.1, -0.05) is 6.07 Å². The number of anilines is 2. The van der Waals surface area contributed by atoms with Crippen molar-refractivity contribution in [3.8, 4) is 0 Å². The van der Waals surface area contributed by atoms with Crippen LogP contribution in [0.2, 0.25) is 0 Å². The van der Waals surface area contributed by atoms with E-state index in [4.69, 9.17) is 5.73 Å². The fourth-order valence-electron chi connectivity index (χ4n) is 0.994. The number of nitrogen functional groups attached to an aromatic ring is 1. The lowest BCUT2D eigenvalue weighted by atomic mass is 10.2. The van der Waals surface area contributed by atoms with Gasteiger partial charge in [-0.15, -0.1) is 0 Å². The van der Waals surface area contributed by atoms with Gasteiger partial charge in [-0.3, -0.25) is 4.72 Å². The highest BCUT2D eigenvalue weighted by molar-refractivity contribution is 7.90. The van der Waals surface area contributed by atoms with E-state index < -0.39 is 10.2 Å². The molecule has 0 saturated heterocycles. The Bertz CT molecular complexity index is 454. The monoisotopic (exact) mass is 229 g/mol. The van der Waals surface area contributed by atoms with E-state index >= 15 is 0 Å². The Labute approximate surface area is 90.1 Å². The number of nitrogens with one attached hydrogen (secondary N) is 1. The lowest BCUT2D eigenvalue weighted by Gasteiger charge is -2.15. The highest BCUT2D eigenvalue weighted by Gasteiger charge is 2.14. The van der Waals surface area contributed by atoms with Gasteiger partial charge in [0.15, 0.2) is 0 Å². The molecule has 1 rings (SSSR count). The quantitative estimate of drug-likeness (QED) is 0.753. The van der Waals surface area contributed by atoms with Crippen molar-refractivity contribution in [2.45, 2.75) is 6.92 Å². The number of rotatable bonds is 3. The minimum Gasteiger partial charge on any atom is -0.398 e. The smallest absolute Gasteiger partial charge is 0.301 e. The molecule has 0 aliphatic carbocycles. The number of hydrogen-bond acceptors (Lipinski definition) is 3. The Kier molecular flexibility index (Phi) is 3.21. The summed E-state index contributed by atoms with van der Waals surface area (Å²) in [5, 5.41) is 0. The lowest BCUT2D eigenvalue weighted by molar-refractivity contribution is 0.527. The molecule has 0 aromatic heterocycles. The number of nitrogens with zero attached hydrogens (tertiary/aromatic N) is 1. The van der Waals surface area contributed by atoms with Crippen LogP contribution in [-0.2, 0) is 10.2 Å². The predicted molar refractivity (Wildman–Crippen MR) is 61.8 cm³/mol. The van der Waals surface area contributed by atoms with Crippen LogP contribution in [0.5, 0.6) is 0 Å². The van der Waals surface area contributed by atoms with Crippen molar-refractivity contribution in [2.24, 2.45) is 0 Å². The van der Waals surface area contributed by atoms with Crippen LogP contribution in [0, 0.1) is 6.92 Å². The average Bonchev–Trinajstić information content (AvgIpc) is 2.12. The molecule has 0 atom stereocenters. The van der Waals surface area contributed by atoms with E-state index in [9.17, 15) is 8.42 Å². The summed E-state index contributed by atoms with van der Waals surface area (Å²) in [5.74, 6) is 0. The van der Waals surface area contributed by atoms with Crippen molar-refractivity contribution in [3.05, 3.63) is 23.8 Å². The molecule has 0 unspecified atom stereocenters. The SMILES string of the molecule is Cc1c(N)cccc1NS(=O)(=O)N(C)C. The Morgan fingerprint density at radius 1 is 1.33 bits per heavy atom. The van der Waals surface area contributed by atoms with Crippen LogP contribution < -0.4 is 10.5 Å². The van der Waals surface area contributed by atoms with Crippen molar-refractivity contribution in [1.29, 1.82) is 0 Å². The molecule has 0 heterocycles. The van der Waals surface area contributed by atoms with Gasteiger partial charge in [0.1, 0.15) is 0 Å². The van der Waals surface area contributed by atoms with Crippen LogP contribution in [0.1, 0.15) is 5.56 Å². The first-order chi connectivity index (χ1) is 6.84. The van der Waals surface area contributed by atoms with Crippen LogP contribution in [-0.4, -0.2) is 26.8 Å². The van der Waals surface area contributed by atoms with E-state index in [0.29, 0.717) is 11.4 Å². The summed E-state index contributed by atoms with van der Waals surface area (Å²) in [7, 11) is -0.538. The highest BCUT2D eigenvalue weighted by Crippen LogP contribution is 2.21. The maximum atomic E-state index is 11.5. The summed E-state index contributed by atoms with van der Waals surface area (Å²) < 4.78 is 26.6. The van der Waals surface area contributed by atoms with E-state index in [1.165, 1.54) is 14.1 Å². The van der Waals surface area contributed by atoms with Gasteiger partial charge in [-0.05, 0) is 24.6 Å². The Morgan fingerprint density at radius 2 is 1.93 bits per heavy atom. The number of benzene rings is 1. The normalized spacial score (nSPS) is 11.7. The molecule has 0 saturated carbocycles. The van der Waals surface area contributed by atoms with Crippen LogP contribution in [0.3, 0.4) is 0 Å². The highest BCUT2D eigenvalue weighted by atomic mass is 32.2. The van der Waals surface area contributed by atoms with Gasteiger partial charge in [0, 0.05) is 19.8 Å². The van der Waals surface area contributed by atoms with Crippen molar-refractivity contribution in [3.63, 3.8) is 0 Å². The molecule has 3 N–H and O–H groups in total. The van der Waals surface area contributed by atoms with Gasteiger partial charge in [0.2, 0.25) is 0 Å². The number of nitrogens with two attached hydrogens (primary N) is 1. The topological polar surface area (TPSA) is 75.4 Å². The van der Waals surface area contributed by atoms with E-state index in [1.54, 1.807) is 25.1 Å². The molecule has 0 radical (unpaired) electrons. The molecule has 0 spiro atoms. The van der Waals surface area contributed by atoms with Crippen LogP contribution >= 0.6 is 0 Å². The first-order valence-corrected chi connectivity index (χ1v) is 5.84. The fraction of sp³-hybridized carbons (Fsp3) is 0.333. The zero-order valence-corrected chi connectivity index (χ0v) is 9.80. The van der Waals surface area contributed by atoms with Crippen molar-refractivity contribution in [1.82, 2.24) is 4.31 Å². The molecular formula is C9H15N3O2S. The Balaban J connectivity index is 3.06. The summed E-state index contributed by atoms with van der Waals surface area (Å²) in [5.41, 5.74) is 7.46. The molecular weight excluding hydrogens is 214 g/mol. The van der Waals surface area contributed by atoms with Gasteiger partial charge >= 0.3 is 10.2 Å². The first-order valence-electron chi connectivity index (χ1n) is 4.40. The van der Waals surface area contributed by atoms with E-state index in [0.717, 1.165) is 9.87 Å². The van der Waals surface area contributed by atoms with Crippen LogP contribution in [0.4, 0.5) is 11.4 Å². The summed E-state index contributed by atoms with van der Waals surface area (Å²) in [6.07, 6.45) is 0. The second-order valence-corrected chi connectivity index (χ2v) is 5.29. The number of hydrogen-bond donors (Lipinski definition) is 2. The summed E-state index contributed by atoms with van der Waals surface area (Å²) in [6.45, 7) is 1.77. The molecule has 0 aliphatic heterocycles. The third-order valence-corrected chi connectivity index (χ3v) is 3.53. The molecule has 0 aliphatic rings. The molecule has 0 bridgehead atoms. The van der Waals surface area contributed by atoms with Gasteiger partial charge in [-0.2, -0.15) is 12.7 Å². The standard InChI is InChI=1S/C9H15N3O2S/c1-7-8(10)5-4-6-9(7)11-15(13,14)12(2)3/h4-6,11H,10H2,1-3H3. The van der Waals surface area contributed by atoms with Gasteiger partial charge in [0.05, 0.1) is 5.69 Å². The van der Waals surface area contributed by atoms with Crippen LogP contribution in [0.25, 0.3) is 0 Å². The summed E-state index contributed by atoms with van der Waals surface area (Å²) in [4.78, 5) is 0. The molecule has 1 aromatic carbocycles. The van der Waals surface area contributed by atoms with E-state index in [-0.39, 0.29) is 0 Å². The average molecular weight is 229 g/mol. The maximum absolute atomic E-state index is 11.5. The minimum atomic E-state index is -3.46. The molecule has 0 amide bonds. The van der Waals surface area contributed by atoms with E-state index in [2.05, 4.69) is 4.72 Å². The third-order valence-electron chi connectivity index (χ3n) is 2.10. The van der Waals surface area contributed by atoms with Crippen molar-refractivity contribution >= 4 is 21.6 Å². The molecule has 0 fully saturated rings. The third kappa shape index (κ3) is 2.60. The van der Waals surface area contributed by atoms with Crippen LogP contribution in [0.15, 0.2) is 18.2 Å². The zero-order chi connectivity index (χ0) is 11.6. The van der Waals surface area contributed by atoms with Gasteiger partial charge < -0.3 is 5.73 Å². The summed E-state index contributed by atoms with van der Waals surface area (Å²) >= 11 is 0. The van der Waals surface area contributed by atoms with Gasteiger partial charge in [-0.25, -0.2) is 0 Å². The largest absolute Gasteiger partial charge is 0.398 e. The lowest BCUT2D eigenvalue weighted by Crippen LogP contribution is -2.29. The maximum Gasteiger partial charge on any atom is 0.301 e. The van der Waals surface area contributed by atoms with Crippen molar-refractivity contribution < 1.29 is 8.42 Å². The molecule has 84 valence electrons. The second kappa shape index (κ2) is 4.08. The van der Waals surface area contributed by atoms with Crippen molar-refractivity contribution in [2.75, 3.05) is 24.6 Å². The molecule has 15 heavy (non-hydrogen) atoms. The predicted octanol–water partition coefficient (Wildman–Crippen LogP) is 0.796. The fourth-order valence-corrected chi connectivity index (χ4v) is 1.68. The molecule has 6 heteroatoms. The minimum absolute atomic E-state index is 0.503. The molecule has 5 nitrogen and oxygen atoms in total. The zero-order valence-electron chi connectivity index (χ0n) is 8.98. The first kappa shape index (κ1) is 11.8. The Hall–Kier alpha value is -1.27. The summed E-state index contributed by atoms with van der Waals surface area (Å²) in [6, 6.07) is 5.10. The van der Waals surface area contributed by atoms with E-state index in [1.807, 2.05) is 0 Å². The molecule has 1 aromatic rings. The van der Waals surface area contributed by atoms with Gasteiger partial charge in [0.25, 0.3) is 0 Å². The Morgan fingerprint density at radius 3 is 2.47 bits per heavy atom. The second-order valence-electron chi connectivity index (χ2n) is 3.41.